The molecule has 0 bridgehead atoms. The van der Waals surface area contributed by atoms with Gasteiger partial charge in [0.1, 0.15) is 11.5 Å². The van der Waals surface area contributed by atoms with E-state index in [1.165, 1.54) is 0 Å². The Balaban J connectivity index is 1.61. The van der Waals surface area contributed by atoms with Crippen LogP contribution in [-0.4, -0.2) is 46.4 Å². The first-order valence-corrected chi connectivity index (χ1v) is 11.7. The average Bonchev–Trinajstić information content (AvgIpc) is 3.12. The summed E-state index contributed by atoms with van der Waals surface area (Å²) in [5, 5.41) is 10.8. The van der Waals surface area contributed by atoms with Crippen LogP contribution in [0.4, 0.5) is 33.7 Å². The van der Waals surface area contributed by atoms with E-state index in [1.807, 2.05) is 0 Å². The monoisotopic (exact) mass is 522 g/mol. The Morgan fingerprint density at radius 3 is 2.78 bits per heavy atom. The van der Waals surface area contributed by atoms with E-state index in [-0.39, 0.29) is 18.0 Å². The van der Waals surface area contributed by atoms with Crippen LogP contribution < -0.4 is 20.3 Å². The maximum atomic E-state index is 13.7. The fraction of sp³-hybridized carbons (Fsp3) is 0.417. The lowest BCUT2D eigenvalue weighted by atomic mass is 10.0. The standard InChI is InChI=1S/C24H26F4N6O3/c1-14-17-12-20(22(31-21(17)33(2)32-14)37-10-8-15-5-3-4-9-29-15)30-23(36)34(13-35)16-6-7-19(25)18(11-16)24(26,27)28/h6-7,11-13,15,29H,3-5,8-10H2,1-2H3,(H,30,36). The van der Waals surface area contributed by atoms with Crippen molar-refractivity contribution in [1.29, 1.82) is 0 Å². The predicted octanol–water partition coefficient (Wildman–Crippen LogP) is 4.54. The minimum Gasteiger partial charge on any atom is -0.476 e. The summed E-state index contributed by atoms with van der Waals surface area (Å²) in [6.45, 7) is 2.98. The molecule has 3 aromatic rings. The maximum absolute atomic E-state index is 13.7. The number of imide groups is 1. The number of nitrogens with zero attached hydrogens (tertiary/aromatic N) is 4. The largest absolute Gasteiger partial charge is 0.476 e. The number of anilines is 2. The molecule has 0 radical (unpaired) electrons. The van der Waals surface area contributed by atoms with Crippen LogP contribution in [0.1, 0.15) is 36.9 Å². The van der Waals surface area contributed by atoms with E-state index in [0.29, 0.717) is 52.8 Å². The third-order valence-corrected chi connectivity index (χ3v) is 6.18. The second-order valence-electron chi connectivity index (χ2n) is 8.77. The summed E-state index contributed by atoms with van der Waals surface area (Å²) in [6.07, 6.45) is -0.999. The smallest absolute Gasteiger partial charge is 0.419 e. The third-order valence-electron chi connectivity index (χ3n) is 6.18. The van der Waals surface area contributed by atoms with Gasteiger partial charge in [0.25, 0.3) is 0 Å². The van der Waals surface area contributed by atoms with Gasteiger partial charge < -0.3 is 15.4 Å². The molecule has 1 aromatic carbocycles. The fourth-order valence-electron chi connectivity index (χ4n) is 4.28. The Hall–Kier alpha value is -3.74. The summed E-state index contributed by atoms with van der Waals surface area (Å²) in [5.41, 5.74) is -0.825. The van der Waals surface area contributed by atoms with E-state index in [2.05, 4.69) is 20.7 Å². The van der Waals surface area contributed by atoms with Crippen molar-refractivity contribution < 1.29 is 31.9 Å². The average molecular weight is 523 g/mol. The highest BCUT2D eigenvalue weighted by molar-refractivity contribution is 6.12. The molecule has 0 saturated carbocycles. The van der Waals surface area contributed by atoms with E-state index < -0.39 is 29.3 Å². The molecule has 3 heterocycles. The molecule has 3 amide bonds. The third kappa shape index (κ3) is 5.82. The number of carbonyl (C=O) groups is 2. The van der Waals surface area contributed by atoms with Gasteiger partial charge in [-0.1, -0.05) is 6.42 Å². The quantitative estimate of drug-likeness (QED) is 0.349. The SMILES string of the molecule is Cc1nn(C)c2nc(OCCC3CCCCN3)c(NC(=O)N(C=O)c3ccc(F)c(C(F)(F)F)c3)cc12. The molecule has 1 unspecified atom stereocenters. The Morgan fingerprint density at radius 2 is 2.11 bits per heavy atom. The maximum Gasteiger partial charge on any atom is 0.419 e. The van der Waals surface area contributed by atoms with Crippen LogP contribution in [0.25, 0.3) is 11.0 Å². The Bertz CT molecular complexity index is 1300. The van der Waals surface area contributed by atoms with Crippen molar-refractivity contribution in [2.75, 3.05) is 23.4 Å². The molecule has 1 atom stereocenters. The van der Waals surface area contributed by atoms with Gasteiger partial charge in [0.15, 0.2) is 5.65 Å². The molecule has 13 heteroatoms. The lowest BCUT2D eigenvalue weighted by Crippen LogP contribution is -2.35. The molecule has 1 aliphatic rings. The number of aryl methyl sites for hydroxylation is 2. The highest BCUT2D eigenvalue weighted by Crippen LogP contribution is 2.34. The minimum atomic E-state index is -5.01. The number of fused-ring (bicyclic) bond motifs is 1. The van der Waals surface area contributed by atoms with Crippen molar-refractivity contribution in [2.45, 2.75) is 44.8 Å². The number of amides is 3. The zero-order valence-electron chi connectivity index (χ0n) is 20.2. The summed E-state index contributed by atoms with van der Waals surface area (Å²) in [6, 6.07) is 2.64. The molecule has 2 aromatic heterocycles. The number of carbonyl (C=O) groups excluding carboxylic acids is 2. The van der Waals surface area contributed by atoms with Gasteiger partial charge in [-0.05, 0) is 57.0 Å². The first kappa shape index (κ1) is 26.3. The molecule has 4 rings (SSSR count). The lowest BCUT2D eigenvalue weighted by molar-refractivity contribution is -0.140. The molecule has 0 aliphatic carbocycles. The van der Waals surface area contributed by atoms with Crippen molar-refractivity contribution in [3.05, 3.63) is 41.3 Å². The highest BCUT2D eigenvalue weighted by atomic mass is 19.4. The first-order valence-electron chi connectivity index (χ1n) is 11.7. The van der Waals surface area contributed by atoms with Gasteiger partial charge >= 0.3 is 12.2 Å². The highest BCUT2D eigenvalue weighted by Gasteiger charge is 2.35. The van der Waals surface area contributed by atoms with Gasteiger partial charge in [-0.3, -0.25) is 9.48 Å². The summed E-state index contributed by atoms with van der Waals surface area (Å²) in [4.78, 5) is 29.6. The number of urea groups is 1. The van der Waals surface area contributed by atoms with E-state index in [9.17, 15) is 27.2 Å². The van der Waals surface area contributed by atoms with Crippen LogP contribution >= 0.6 is 0 Å². The molecule has 37 heavy (non-hydrogen) atoms. The van der Waals surface area contributed by atoms with Gasteiger partial charge in [0.2, 0.25) is 12.3 Å². The number of alkyl halides is 3. The summed E-state index contributed by atoms with van der Waals surface area (Å²) >= 11 is 0. The molecule has 1 saturated heterocycles. The fourth-order valence-corrected chi connectivity index (χ4v) is 4.28. The molecular weight excluding hydrogens is 496 g/mol. The first-order chi connectivity index (χ1) is 17.6. The van der Waals surface area contributed by atoms with Crippen LogP contribution in [0.2, 0.25) is 0 Å². The molecule has 198 valence electrons. The van der Waals surface area contributed by atoms with Crippen LogP contribution in [0.3, 0.4) is 0 Å². The number of halogens is 4. The van der Waals surface area contributed by atoms with Gasteiger partial charge in [-0.25, -0.2) is 14.1 Å². The summed E-state index contributed by atoms with van der Waals surface area (Å²) in [5.74, 6) is -1.45. The Morgan fingerprint density at radius 1 is 1.32 bits per heavy atom. The number of hydrogen-bond acceptors (Lipinski definition) is 6. The van der Waals surface area contributed by atoms with Crippen molar-refractivity contribution >= 4 is 34.8 Å². The van der Waals surface area contributed by atoms with E-state index >= 15 is 0 Å². The van der Waals surface area contributed by atoms with Gasteiger partial charge in [0, 0.05) is 18.5 Å². The lowest BCUT2D eigenvalue weighted by Gasteiger charge is -2.23. The Labute approximate surface area is 209 Å². The Kier molecular flexibility index (Phi) is 7.62. The molecule has 2 N–H and O–H groups in total. The van der Waals surface area contributed by atoms with Crippen LogP contribution in [-0.2, 0) is 18.0 Å². The number of piperidine rings is 1. The molecule has 0 spiro atoms. The summed E-state index contributed by atoms with van der Waals surface area (Å²) < 4.78 is 60.6. The van der Waals surface area contributed by atoms with Crippen molar-refractivity contribution in [2.24, 2.45) is 7.05 Å². The van der Waals surface area contributed by atoms with Crippen LogP contribution in [0.5, 0.6) is 5.88 Å². The number of hydrogen-bond donors (Lipinski definition) is 2. The number of ether oxygens (including phenoxy) is 1. The van der Waals surface area contributed by atoms with Gasteiger partial charge in [-0.2, -0.15) is 23.3 Å². The zero-order chi connectivity index (χ0) is 26.7. The van der Waals surface area contributed by atoms with Gasteiger partial charge in [-0.15, -0.1) is 0 Å². The second-order valence-corrected chi connectivity index (χ2v) is 8.77. The van der Waals surface area contributed by atoms with Crippen molar-refractivity contribution in [1.82, 2.24) is 20.1 Å². The number of benzene rings is 1. The second kappa shape index (κ2) is 10.7. The molecule has 9 nitrogen and oxygen atoms in total. The number of rotatable bonds is 7. The topological polar surface area (TPSA) is 101 Å². The summed E-state index contributed by atoms with van der Waals surface area (Å²) in [7, 11) is 1.71. The molecule has 1 fully saturated rings. The molecule has 1 aliphatic heterocycles. The number of pyridine rings is 1. The van der Waals surface area contributed by atoms with E-state index in [4.69, 9.17) is 4.74 Å². The van der Waals surface area contributed by atoms with E-state index in [0.717, 1.165) is 31.9 Å². The van der Waals surface area contributed by atoms with Gasteiger partial charge in [0.05, 0.1) is 23.6 Å². The predicted molar refractivity (Wildman–Crippen MR) is 128 cm³/mol. The number of nitrogens with one attached hydrogen (secondary N) is 2. The van der Waals surface area contributed by atoms with Crippen molar-refractivity contribution in [3.63, 3.8) is 0 Å². The van der Waals surface area contributed by atoms with Crippen LogP contribution in [0, 0.1) is 12.7 Å². The normalized spacial score (nSPS) is 16.0. The molecular formula is C24H26F4N6O3. The zero-order valence-corrected chi connectivity index (χ0v) is 20.2. The van der Waals surface area contributed by atoms with Crippen LogP contribution in [0.15, 0.2) is 24.3 Å². The van der Waals surface area contributed by atoms with E-state index in [1.54, 1.807) is 24.7 Å². The van der Waals surface area contributed by atoms with Crippen molar-refractivity contribution in [3.8, 4) is 5.88 Å². The number of aromatic nitrogens is 3. The minimum absolute atomic E-state index is 0.0410.